The summed E-state index contributed by atoms with van der Waals surface area (Å²) in [5.41, 5.74) is 1.41. The molecule has 2 aromatic carbocycles. The van der Waals surface area contributed by atoms with Gasteiger partial charge in [0.1, 0.15) is 11.2 Å². The number of hydrogen-bond donors (Lipinski definition) is 1. The van der Waals surface area contributed by atoms with Gasteiger partial charge in [-0.15, -0.1) is 0 Å². The van der Waals surface area contributed by atoms with Crippen LogP contribution >= 0.6 is 0 Å². The minimum Gasteiger partial charge on any atom is -0.493 e. The molecule has 1 aliphatic rings. The maximum absolute atomic E-state index is 13.9. The Morgan fingerprint density at radius 3 is 2.35 bits per heavy atom. The van der Waals surface area contributed by atoms with Crippen molar-refractivity contribution in [3.8, 4) is 17.2 Å². The largest absolute Gasteiger partial charge is 0.493 e. The highest BCUT2D eigenvalue weighted by Crippen LogP contribution is 2.39. The van der Waals surface area contributed by atoms with Gasteiger partial charge in [-0.3, -0.25) is 9.59 Å². The number of amides is 2. The molecule has 4 rings (SSSR count). The van der Waals surface area contributed by atoms with Gasteiger partial charge in [0.25, 0.3) is 5.91 Å². The van der Waals surface area contributed by atoms with E-state index in [2.05, 4.69) is 19.2 Å². The molecule has 2 heterocycles. The lowest BCUT2D eigenvalue weighted by Crippen LogP contribution is -2.64. The Labute approximate surface area is 218 Å². The van der Waals surface area contributed by atoms with E-state index in [0.717, 1.165) is 22.9 Å². The molecule has 0 spiro atoms. The van der Waals surface area contributed by atoms with Gasteiger partial charge in [-0.1, -0.05) is 32.0 Å². The molecule has 1 N–H and O–H groups in total. The van der Waals surface area contributed by atoms with E-state index in [1.165, 1.54) is 0 Å². The quantitative estimate of drug-likeness (QED) is 0.443. The van der Waals surface area contributed by atoms with Crippen LogP contribution in [0.25, 0.3) is 10.9 Å². The van der Waals surface area contributed by atoms with Crippen LogP contribution in [0.15, 0.2) is 42.5 Å². The fourth-order valence-electron chi connectivity index (χ4n) is 5.04. The number of ether oxygens (including phenoxy) is 3. The van der Waals surface area contributed by atoms with E-state index in [1.54, 1.807) is 26.2 Å². The number of hydrogen-bond acceptors (Lipinski definition) is 5. The van der Waals surface area contributed by atoms with Crippen molar-refractivity contribution in [2.45, 2.75) is 45.7 Å². The molecule has 0 saturated carbocycles. The van der Waals surface area contributed by atoms with Crippen LogP contribution in [0.3, 0.4) is 0 Å². The Balaban J connectivity index is 1.69. The zero-order chi connectivity index (χ0) is 26.7. The second-order valence-electron chi connectivity index (χ2n) is 10.1. The van der Waals surface area contributed by atoms with Gasteiger partial charge >= 0.3 is 0 Å². The standard InChI is InChI=1S/C29H37N3O5/c1-19(2)11-13-30-28(34)29(3)18-31-22-10-8-7-9-21(22)17-23(31)27(33)32(29)14-12-20-15-24(35-4)26(37-6)25(16-20)36-5/h7-10,15-17,19H,11-14,18H2,1-6H3,(H,30,34)/t29-/m1/s1. The predicted octanol–water partition coefficient (Wildman–Crippen LogP) is 4.29. The summed E-state index contributed by atoms with van der Waals surface area (Å²) < 4.78 is 18.4. The predicted molar refractivity (Wildman–Crippen MR) is 144 cm³/mol. The van der Waals surface area contributed by atoms with Crippen molar-refractivity contribution in [1.29, 1.82) is 0 Å². The summed E-state index contributed by atoms with van der Waals surface area (Å²) in [5.74, 6) is 1.79. The molecule has 3 aromatic rings. The molecule has 1 aromatic heterocycles. The van der Waals surface area contributed by atoms with E-state index in [1.807, 2.05) is 54.0 Å². The third kappa shape index (κ3) is 4.97. The number of rotatable bonds is 10. The average molecular weight is 508 g/mol. The normalized spacial score (nSPS) is 17.2. The molecule has 0 aliphatic carbocycles. The first-order chi connectivity index (χ1) is 17.7. The summed E-state index contributed by atoms with van der Waals surface area (Å²) in [6, 6.07) is 13.6. The molecule has 8 nitrogen and oxygen atoms in total. The lowest BCUT2D eigenvalue weighted by Gasteiger charge is -2.44. The van der Waals surface area contributed by atoms with Crippen molar-refractivity contribution in [2.24, 2.45) is 5.92 Å². The van der Waals surface area contributed by atoms with E-state index < -0.39 is 5.54 Å². The van der Waals surface area contributed by atoms with Crippen LogP contribution in [-0.4, -0.2) is 61.2 Å². The van der Waals surface area contributed by atoms with E-state index in [9.17, 15) is 9.59 Å². The fourth-order valence-corrected chi connectivity index (χ4v) is 5.04. The molecule has 1 aliphatic heterocycles. The first kappa shape index (κ1) is 26.4. The van der Waals surface area contributed by atoms with Gasteiger partial charge in [-0.25, -0.2) is 0 Å². The highest BCUT2D eigenvalue weighted by atomic mass is 16.5. The number of nitrogens with zero attached hydrogens (tertiary/aromatic N) is 2. The minimum atomic E-state index is -1.05. The summed E-state index contributed by atoms with van der Waals surface area (Å²) in [6.45, 7) is 7.42. The van der Waals surface area contributed by atoms with Gasteiger partial charge in [0.2, 0.25) is 11.7 Å². The lowest BCUT2D eigenvalue weighted by atomic mass is 9.93. The molecule has 37 heavy (non-hydrogen) atoms. The smallest absolute Gasteiger partial charge is 0.271 e. The van der Waals surface area contributed by atoms with E-state index in [0.29, 0.717) is 54.9 Å². The Bertz CT molecular complexity index is 1270. The van der Waals surface area contributed by atoms with Gasteiger partial charge in [0.05, 0.1) is 27.9 Å². The molecule has 8 heteroatoms. The lowest BCUT2D eigenvalue weighted by molar-refractivity contribution is -0.132. The molecule has 0 saturated heterocycles. The highest BCUT2D eigenvalue weighted by Gasteiger charge is 2.47. The highest BCUT2D eigenvalue weighted by molar-refractivity contribution is 6.03. The van der Waals surface area contributed by atoms with Gasteiger partial charge in [-0.2, -0.15) is 0 Å². The molecular weight excluding hydrogens is 470 g/mol. The molecule has 2 amide bonds. The van der Waals surface area contributed by atoms with Crippen molar-refractivity contribution in [3.63, 3.8) is 0 Å². The van der Waals surface area contributed by atoms with Crippen molar-refractivity contribution in [2.75, 3.05) is 34.4 Å². The van der Waals surface area contributed by atoms with Gasteiger partial charge < -0.3 is 29.0 Å². The van der Waals surface area contributed by atoms with Crippen LogP contribution in [-0.2, 0) is 17.8 Å². The Morgan fingerprint density at radius 2 is 1.73 bits per heavy atom. The van der Waals surface area contributed by atoms with Crippen LogP contribution in [0.4, 0.5) is 0 Å². The molecular formula is C29H37N3O5. The minimum absolute atomic E-state index is 0.144. The first-order valence-electron chi connectivity index (χ1n) is 12.7. The molecule has 0 unspecified atom stereocenters. The summed E-state index contributed by atoms with van der Waals surface area (Å²) in [4.78, 5) is 29.3. The summed E-state index contributed by atoms with van der Waals surface area (Å²) in [6.07, 6.45) is 1.39. The first-order valence-corrected chi connectivity index (χ1v) is 12.7. The number of fused-ring (bicyclic) bond motifs is 3. The second-order valence-corrected chi connectivity index (χ2v) is 10.1. The number of carbonyl (C=O) groups excluding carboxylic acids is 2. The maximum atomic E-state index is 13.9. The van der Waals surface area contributed by atoms with Crippen LogP contribution in [0.1, 0.15) is 43.2 Å². The Kier molecular flexibility index (Phi) is 7.66. The third-order valence-corrected chi connectivity index (χ3v) is 7.18. The third-order valence-electron chi connectivity index (χ3n) is 7.18. The zero-order valence-corrected chi connectivity index (χ0v) is 22.6. The van der Waals surface area contributed by atoms with Crippen LogP contribution in [0, 0.1) is 5.92 Å². The van der Waals surface area contributed by atoms with Crippen LogP contribution in [0.2, 0.25) is 0 Å². The Hall–Kier alpha value is -3.68. The molecule has 0 radical (unpaired) electrons. The van der Waals surface area contributed by atoms with Crippen LogP contribution in [0.5, 0.6) is 17.2 Å². The number of nitrogens with one attached hydrogen (secondary N) is 1. The van der Waals surface area contributed by atoms with E-state index in [4.69, 9.17) is 14.2 Å². The number of methoxy groups -OCH3 is 3. The summed E-state index contributed by atoms with van der Waals surface area (Å²) in [7, 11) is 4.72. The Morgan fingerprint density at radius 1 is 1.05 bits per heavy atom. The van der Waals surface area contributed by atoms with Crippen LogP contribution < -0.4 is 19.5 Å². The monoisotopic (exact) mass is 507 g/mol. The average Bonchev–Trinajstić information content (AvgIpc) is 3.26. The molecule has 0 bridgehead atoms. The summed E-state index contributed by atoms with van der Waals surface area (Å²) >= 11 is 0. The van der Waals surface area contributed by atoms with Gasteiger partial charge in [0.15, 0.2) is 11.5 Å². The SMILES string of the molecule is COc1cc(CCN2C(=O)c3cc4ccccc4n3C[C@]2(C)C(=O)NCCC(C)C)cc(OC)c1OC. The molecule has 1 atom stereocenters. The van der Waals surface area contributed by atoms with Gasteiger partial charge in [0, 0.05) is 24.0 Å². The van der Waals surface area contributed by atoms with E-state index in [-0.39, 0.29) is 11.8 Å². The second kappa shape index (κ2) is 10.7. The van der Waals surface area contributed by atoms with Crippen molar-refractivity contribution in [1.82, 2.24) is 14.8 Å². The summed E-state index contributed by atoms with van der Waals surface area (Å²) in [5, 5.41) is 4.08. The number of benzene rings is 2. The maximum Gasteiger partial charge on any atom is 0.271 e. The number of para-hydroxylation sites is 1. The van der Waals surface area contributed by atoms with Crippen molar-refractivity contribution < 1.29 is 23.8 Å². The van der Waals surface area contributed by atoms with Crippen molar-refractivity contribution in [3.05, 3.63) is 53.7 Å². The van der Waals surface area contributed by atoms with E-state index >= 15 is 0 Å². The molecule has 198 valence electrons. The number of aromatic nitrogens is 1. The van der Waals surface area contributed by atoms with Gasteiger partial charge in [-0.05, 0) is 55.5 Å². The molecule has 0 fully saturated rings. The zero-order valence-electron chi connectivity index (χ0n) is 22.6. The topological polar surface area (TPSA) is 82.0 Å². The fraction of sp³-hybridized carbons (Fsp3) is 0.448. The number of carbonyl (C=O) groups is 2. The van der Waals surface area contributed by atoms with Crippen molar-refractivity contribution >= 4 is 22.7 Å².